The monoisotopic (exact) mass is 473 g/mol. The number of Topliss-reactive ketones (excluding diaryl/α,β-unsaturated/α-hetero) is 1. The van der Waals surface area contributed by atoms with E-state index in [1.165, 1.54) is 29.2 Å². The van der Waals surface area contributed by atoms with Gasteiger partial charge in [0.25, 0.3) is 11.7 Å². The van der Waals surface area contributed by atoms with Crippen LogP contribution in [0.15, 0.2) is 84.4 Å². The Bertz CT molecular complexity index is 1240. The van der Waals surface area contributed by atoms with Crippen LogP contribution in [0.2, 0.25) is 0 Å². The third-order valence-corrected chi connectivity index (χ3v) is 5.99. The number of ether oxygens (including phenoxy) is 1. The zero-order chi connectivity index (χ0) is 24.9. The van der Waals surface area contributed by atoms with E-state index in [0.29, 0.717) is 23.8 Å². The Morgan fingerprint density at radius 2 is 1.71 bits per heavy atom. The number of hydrogen-bond acceptors (Lipinski definition) is 4. The lowest BCUT2D eigenvalue weighted by molar-refractivity contribution is -0.140. The minimum absolute atomic E-state index is 0.0307. The van der Waals surface area contributed by atoms with E-state index < -0.39 is 23.5 Å². The van der Waals surface area contributed by atoms with E-state index in [1.54, 1.807) is 12.1 Å². The highest BCUT2D eigenvalue weighted by atomic mass is 19.1. The van der Waals surface area contributed by atoms with Crippen LogP contribution in [0.25, 0.3) is 5.76 Å². The molecule has 1 N–H and O–H groups in total. The molecule has 3 aromatic rings. The lowest BCUT2D eigenvalue weighted by Crippen LogP contribution is -2.29. The van der Waals surface area contributed by atoms with Gasteiger partial charge in [-0.25, -0.2) is 4.39 Å². The van der Waals surface area contributed by atoms with Gasteiger partial charge in [0.05, 0.1) is 18.2 Å². The Hall–Kier alpha value is -3.93. The van der Waals surface area contributed by atoms with Gasteiger partial charge < -0.3 is 14.7 Å². The summed E-state index contributed by atoms with van der Waals surface area (Å²) in [6.07, 6.45) is 0.890. The van der Waals surface area contributed by atoms with Crippen molar-refractivity contribution in [2.75, 3.05) is 6.61 Å². The fourth-order valence-electron chi connectivity index (χ4n) is 4.12. The molecule has 0 bridgehead atoms. The van der Waals surface area contributed by atoms with E-state index in [0.717, 1.165) is 12.0 Å². The minimum Gasteiger partial charge on any atom is -0.507 e. The van der Waals surface area contributed by atoms with Crippen LogP contribution >= 0.6 is 0 Å². The summed E-state index contributed by atoms with van der Waals surface area (Å²) in [5.41, 5.74) is 1.73. The largest absolute Gasteiger partial charge is 0.507 e. The van der Waals surface area contributed by atoms with E-state index >= 15 is 0 Å². The number of nitrogens with zero attached hydrogens (tertiary/aromatic N) is 1. The van der Waals surface area contributed by atoms with Crippen molar-refractivity contribution in [2.24, 2.45) is 5.92 Å². The summed E-state index contributed by atoms with van der Waals surface area (Å²) in [5.74, 6) is -1.17. The molecular weight excluding hydrogens is 445 g/mol. The van der Waals surface area contributed by atoms with Gasteiger partial charge in [-0.15, -0.1) is 0 Å². The van der Waals surface area contributed by atoms with E-state index in [1.807, 2.05) is 42.5 Å². The maximum absolute atomic E-state index is 13.5. The fraction of sp³-hybridized carbons (Fsp3) is 0.241. The SMILES string of the molecule is CC(C)CCOc1cccc(C2/C(=C(\O)c3ccc(F)cc3)C(=O)C(=O)N2Cc2ccccc2)c1. The molecule has 6 heteroatoms. The first kappa shape index (κ1) is 24.2. The zero-order valence-electron chi connectivity index (χ0n) is 19.8. The van der Waals surface area contributed by atoms with Gasteiger partial charge in [0.2, 0.25) is 0 Å². The summed E-state index contributed by atoms with van der Waals surface area (Å²) >= 11 is 0. The quantitative estimate of drug-likeness (QED) is 0.252. The molecule has 1 fully saturated rings. The lowest BCUT2D eigenvalue weighted by atomic mass is 9.95. The van der Waals surface area contributed by atoms with Crippen LogP contribution in [0.1, 0.15) is 43.0 Å². The van der Waals surface area contributed by atoms with Crippen molar-refractivity contribution in [2.45, 2.75) is 32.9 Å². The van der Waals surface area contributed by atoms with Crippen molar-refractivity contribution in [3.05, 3.63) is 107 Å². The number of benzene rings is 3. The lowest BCUT2D eigenvalue weighted by Gasteiger charge is -2.26. The molecule has 4 rings (SSSR count). The van der Waals surface area contributed by atoms with Gasteiger partial charge in [0.15, 0.2) is 0 Å². The van der Waals surface area contributed by atoms with Gasteiger partial charge in [-0.1, -0.05) is 56.3 Å². The highest BCUT2D eigenvalue weighted by Crippen LogP contribution is 2.41. The molecule has 5 nitrogen and oxygen atoms in total. The Kier molecular flexibility index (Phi) is 7.30. The first-order chi connectivity index (χ1) is 16.8. The van der Waals surface area contributed by atoms with E-state index in [-0.39, 0.29) is 23.4 Å². The second-order valence-corrected chi connectivity index (χ2v) is 9.02. The first-order valence-corrected chi connectivity index (χ1v) is 11.7. The van der Waals surface area contributed by atoms with Crippen LogP contribution in [0, 0.1) is 11.7 Å². The zero-order valence-corrected chi connectivity index (χ0v) is 19.8. The van der Waals surface area contributed by atoms with Crippen molar-refractivity contribution in [1.29, 1.82) is 0 Å². The molecule has 1 atom stereocenters. The smallest absolute Gasteiger partial charge is 0.295 e. The molecule has 1 saturated heterocycles. The second kappa shape index (κ2) is 10.6. The molecule has 1 aliphatic rings. The standard InChI is InChI=1S/C29H28FNO4/c1-19(2)15-16-35-24-10-6-9-22(17-24)26-25(27(32)21-11-13-23(30)14-12-21)28(33)29(34)31(26)18-20-7-4-3-5-8-20/h3-14,17,19,26,32H,15-16,18H2,1-2H3/b27-25+. The Balaban J connectivity index is 1.78. The molecule has 0 aromatic heterocycles. The topological polar surface area (TPSA) is 66.8 Å². The van der Waals surface area contributed by atoms with Gasteiger partial charge >= 0.3 is 0 Å². The number of amides is 1. The average molecular weight is 474 g/mol. The maximum atomic E-state index is 13.5. The predicted octanol–water partition coefficient (Wildman–Crippen LogP) is 5.87. The van der Waals surface area contributed by atoms with E-state index in [2.05, 4.69) is 13.8 Å². The van der Waals surface area contributed by atoms with Crippen molar-refractivity contribution in [1.82, 2.24) is 4.90 Å². The van der Waals surface area contributed by atoms with Gasteiger partial charge in [-0.2, -0.15) is 0 Å². The molecule has 0 aliphatic carbocycles. The highest BCUT2D eigenvalue weighted by Gasteiger charge is 2.46. The summed E-state index contributed by atoms with van der Waals surface area (Å²) in [4.78, 5) is 27.8. The number of halogens is 1. The number of aliphatic hydroxyl groups is 1. The number of carbonyl (C=O) groups excluding carboxylic acids is 2. The number of likely N-dealkylation sites (tertiary alicyclic amines) is 1. The fourth-order valence-corrected chi connectivity index (χ4v) is 4.12. The maximum Gasteiger partial charge on any atom is 0.295 e. The summed E-state index contributed by atoms with van der Waals surface area (Å²) in [6, 6.07) is 20.9. The van der Waals surface area contributed by atoms with Crippen LogP contribution in [0.4, 0.5) is 4.39 Å². The molecule has 1 aliphatic heterocycles. The summed E-state index contributed by atoms with van der Waals surface area (Å²) < 4.78 is 19.4. The summed E-state index contributed by atoms with van der Waals surface area (Å²) in [5, 5.41) is 11.1. The highest BCUT2D eigenvalue weighted by molar-refractivity contribution is 6.46. The number of ketones is 1. The average Bonchev–Trinajstić information content (AvgIpc) is 3.09. The van der Waals surface area contributed by atoms with Crippen LogP contribution in [0.5, 0.6) is 5.75 Å². The van der Waals surface area contributed by atoms with Gasteiger partial charge in [-0.3, -0.25) is 9.59 Å². The number of rotatable bonds is 8. The molecule has 180 valence electrons. The van der Waals surface area contributed by atoms with Crippen molar-refractivity contribution >= 4 is 17.4 Å². The molecule has 1 unspecified atom stereocenters. The summed E-state index contributed by atoms with van der Waals surface area (Å²) in [6.45, 7) is 4.97. The van der Waals surface area contributed by atoms with Gasteiger partial charge in [0, 0.05) is 12.1 Å². The molecule has 0 radical (unpaired) electrons. The van der Waals surface area contributed by atoms with E-state index in [9.17, 15) is 19.1 Å². The Morgan fingerprint density at radius 1 is 1.00 bits per heavy atom. The van der Waals surface area contributed by atoms with Crippen LogP contribution in [0.3, 0.4) is 0 Å². The molecular formula is C29H28FNO4. The minimum atomic E-state index is -0.825. The van der Waals surface area contributed by atoms with Crippen LogP contribution in [-0.4, -0.2) is 28.3 Å². The van der Waals surface area contributed by atoms with Crippen molar-refractivity contribution in [3.63, 3.8) is 0 Å². The molecule has 3 aromatic carbocycles. The number of aliphatic hydroxyl groups excluding tert-OH is 1. The molecule has 0 spiro atoms. The Morgan fingerprint density at radius 3 is 2.40 bits per heavy atom. The van der Waals surface area contributed by atoms with Gasteiger partial charge in [-0.05, 0) is 59.9 Å². The number of carbonyl (C=O) groups is 2. The van der Waals surface area contributed by atoms with Crippen LogP contribution < -0.4 is 4.74 Å². The molecule has 1 amide bonds. The predicted molar refractivity (Wildman–Crippen MR) is 132 cm³/mol. The third-order valence-electron chi connectivity index (χ3n) is 5.99. The van der Waals surface area contributed by atoms with E-state index in [4.69, 9.17) is 4.74 Å². The normalized spacial score (nSPS) is 17.3. The molecule has 1 heterocycles. The third kappa shape index (κ3) is 5.43. The summed E-state index contributed by atoms with van der Waals surface area (Å²) in [7, 11) is 0. The van der Waals surface area contributed by atoms with Crippen molar-refractivity contribution in [3.8, 4) is 5.75 Å². The first-order valence-electron chi connectivity index (χ1n) is 11.7. The molecule has 35 heavy (non-hydrogen) atoms. The van der Waals surface area contributed by atoms with Crippen molar-refractivity contribution < 1.29 is 23.8 Å². The van der Waals surface area contributed by atoms with Gasteiger partial charge in [0.1, 0.15) is 17.3 Å². The Labute approximate surface area is 204 Å². The molecule has 0 saturated carbocycles. The second-order valence-electron chi connectivity index (χ2n) is 9.02. The van der Waals surface area contributed by atoms with Crippen LogP contribution in [-0.2, 0) is 16.1 Å². The number of hydrogen-bond donors (Lipinski definition) is 1.